The van der Waals surface area contributed by atoms with Crippen LogP contribution in [0.1, 0.15) is 22.3 Å². The molecule has 0 fully saturated rings. The Morgan fingerprint density at radius 3 is 1.86 bits per heavy atom. The summed E-state index contributed by atoms with van der Waals surface area (Å²) in [5.41, 5.74) is -1.16. The number of benzene rings is 2. The highest BCUT2D eigenvalue weighted by atomic mass is 19.4. The van der Waals surface area contributed by atoms with Crippen LogP contribution in [-0.2, 0) is 12.4 Å². The number of rotatable bonds is 1. The zero-order chi connectivity index (χ0) is 16.7. The summed E-state index contributed by atoms with van der Waals surface area (Å²) in [7, 11) is 0. The van der Waals surface area contributed by atoms with E-state index in [2.05, 4.69) is 0 Å². The fourth-order valence-electron chi connectivity index (χ4n) is 2.26. The molecule has 0 N–H and O–H groups in total. The van der Waals surface area contributed by atoms with Gasteiger partial charge in [0.15, 0.2) is 0 Å². The first-order chi connectivity index (χ1) is 10.0. The Morgan fingerprint density at radius 1 is 0.727 bits per heavy atom. The lowest BCUT2D eigenvalue weighted by molar-refractivity contribution is -0.162. The molecule has 0 aliphatic heterocycles. The fraction of sp³-hybridized carbons (Fsp3) is 0.250. The minimum Gasteiger partial charge on any atom is -0.166 e. The molecule has 0 radical (unpaired) electrons. The topological polar surface area (TPSA) is 0 Å². The van der Waals surface area contributed by atoms with Crippen molar-refractivity contribution in [1.82, 2.24) is 0 Å². The van der Waals surface area contributed by atoms with Crippen LogP contribution in [-0.4, -0.2) is 0 Å². The molecule has 6 heteroatoms. The molecule has 0 bridgehead atoms. The van der Waals surface area contributed by atoms with Gasteiger partial charge in [0, 0.05) is 0 Å². The van der Waals surface area contributed by atoms with E-state index in [4.69, 9.17) is 0 Å². The molecule has 0 saturated carbocycles. The molecule has 0 spiro atoms. The van der Waals surface area contributed by atoms with Gasteiger partial charge in [0.05, 0.1) is 11.1 Å². The van der Waals surface area contributed by atoms with Crippen LogP contribution in [0.4, 0.5) is 26.3 Å². The Labute approximate surface area is 123 Å². The lowest BCUT2D eigenvalue weighted by atomic mass is 9.94. The zero-order valence-corrected chi connectivity index (χ0v) is 11.7. The van der Waals surface area contributed by atoms with E-state index < -0.39 is 23.5 Å². The van der Waals surface area contributed by atoms with Crippen molar-refractivity contribution >= 4 is 0 Å². The predicted molar refractivity (Wildman–Crippen MR) is 71.4 cm³/mol. The number of alkyl halides is 6. The number of hydrogen-bond donors (Lipinski definition) is 0. The molecule has 2 rings (SSSR count). The molecule has 0 saturated heterocycles. The fourth-order valence-corrected chi connectivity index (χ4v) is 2.26. The maximum absolute atomic E-state index is 13.0. The lowest BCUT2D eigenvalue weighted by Crippen LogP contribution is -2.16. The Morgan fingerprint density at radius 2 is 1.32 bits per heavy atom. The molecule has 2 aromatic rings. The first-order valence-electron chi connectivity index (χ1n) is 6.37. The second-order valence-corrected chi connectivity index (χ2v) is 5.00. The van der Waals surface area contributed by atoms with Crippen LogP contribution in [0.2, 0.25) is 0 Å². The first kappa shape index (κ1) is 16.4. The quantitative estimate of drug-likeness (QED) is 0.565. The summed E-state index contributed by atoms with van der Waals surface area (Å²) < 4.78 is 77.1. The van der Waals surface area contributed by atoms with Gasteiger partial charge in [-0.15, -0.1) is 0 Å². The maximum atomic E-state index is 13.0. The maximum Gasteiger partial charge on any atom is 0.417 e. The summed E-state index contributed by atoms with van der Waals surface area (Å²) in [4.78, 5) is 0. The van der Waals surface area contributed by atoms with Crippen molar-refractivity contribution in [3.8, 4) is 11.1 Å². The summed E-state index contributed by atoms with van der Waals surface area (Å²) in [6.45, 7) is 3.50. The monoisotopic (exact) mass is 318 g/mol. The minimum atomic E-state index is -5.07. The van der Waals surface area contributed by atoms with Crippen molar-refractivity contribution in [3.63, 3.8) is 0 Å². The standard InChI is InChI=1S/C16H12F6/c1-9-4-3-5-12(10(9)2)11-6-7-13(15(17,18)19)14(8-11)16(20,21)22/h3-8H,1-2H3. The van der Waals surface area contributed by atoms with Gasteiger partial charge < -0.3 is 0 Å². The molecular weight excluding hydrogens is 306 g/mol. The highest BCUT2D eigenvalue weighted by Gasteiger charge is 2.43. The molecule has 0 amide bonds. The molecular formula is C16H12F6. The van der Waals surface area contributed by atoms with Crippen molar-refractivity contribution in [1.29, 1.82) is 0 Å². The third-order valence-electron chi connectivity index (χ3n) is 3.55. The minimum absolute atomic E-state index is 0.113. The van der Waals surface area contributed by atoms with Gasteiger partial charge in [-0.05, 0) is 48.2 Å². The molecule has 0 atom stereocenters. The molecule has 0 aliphatic carbocycles. The van der Waals surface area contributed by atoms with Gasteiger partial charge >= 0.3 is 12.4 Å². The number of aryl methyl sites for hydroxylation is 1. The number of hydrogen-bond acceptors (Lipinski definition) is 0. The largest absolute Gasteiger partial charge is 0.417 e. The normalized spacial score (nSPS) is 12.5. The second kappa shape index (κ2) is 5.34. The van der Waals surface area contributed by atoms with E-state index in [-0.39, 0.29) is 5.56 Å². The van der Waals surface area contributed by atoms with Gasteiger partial charge in [0.1, 0.15) is 0 Å². The molecule has 0 unspecified atom stereocenters. The van der Waals surface area contributed by atoms with Crippen molar-refractivity contribution in [3.05, 3.63) is 58.7 Å². The van der Waals surface area contributed by atoms with E-state index in [1.165, 1.54) is 0 Å². The van der Waals surface area contributed by atoms with Crippen LogP contribution in [0, 0.1) is 13.8 Å². The van der Waals surface area contributed by atoms with Crippen LogP contribution in [0.15, 0.2) is 36.4 Å². The first-order valence-corrected chi connectivity index (χ1v) is 6.37. The number of halogens is 6. The van der Waals surface area contributed by atoms with Gasteiger partial charge in [-0.1, -0.05) is 24.3 Å². The Hall–Kier alpha value is -1.98. The van der Waals surface area contributed by atoms with Crippen molar-refractivity contribution in [2.45, 2.75) is 26.2 Å². The van der Waals surface area contributed by atoms with Crippen LogP contribution < -0.4 is 0 Å². The van der Waals surface area contributed by atoms with E-state index in [0.717, 1.165) is 17.2 Å². The average molecular weight is 318 g/mol. The summed E-state index contributed by atoms with van der Waals surface area (Å²) in [5, 5.41) is 0. The molecule has 0 aromatic heterocycles. The van der Waals surface area contributed by atoms with Crippen molar-refractivity contribution < 1.29 is 26.3 Å². The molecule has 2 aromatic carbocycles. The van der Waals surface area contributed by atoms with Crippen LogP contribution >= 0.6 is 0 Å². The second-order valence-electron chi connectivity index (χ2n) is 5.00. The Balaban J connectivity index is 2.69. The average Bonchev–Trinajstić information content (AvgIpc) is 2.39. The summed E-state index contributed by atoms with van der Waals surface area (Å²) in [6, 6.07) is 7.14. The van der Waals surface area contributed by atoms with E-state index in [1.54, 1.807) is 32.0 Å². The van der Waals surface area contributed by atoms with Crippen LogP contribution in [0.5, 0.6) is 0 Å². The third-order valence-corrected chi connectivity index (χ3v) is 3.55. The van der Waals surface area contributed by atoms with E-state index in [0.29, 0.717) is 17.7 Å². The van der Waals surface area contributed by atoms with E-state index >= 15 is 0 Å². The molecule has 0 heterocycles. The molecule has 22 heavy (non-hydrogen) atoms. The highest BCUT2D eigenvalue weighted by molar-refractivity contribution is 5.70. The molecule has 0 aliphatic rings. The van der Waals surface area contributed by atoms with Gasteiger partial charge in [-0.3, -0.25) is 0 Å². The van der Waals surface area contributed by atoms with Crippen molar-refractivity contribution in [2.24, 2.45) is 0 Å². The van der Waals surface area contributed by atoms with E-state index in [1.807, 2.05) is 0 Å². The van der Waals surface area contributed by atoms with Gasteiger partial charge in [-0.2, -0.15) is 26.3 Å². The van der Waals surface area contributed by atoms with Crippen molar-refractivity contribution in [2.75, 3.05) is 0 Å². The summed E-state index contributed by atoms with van der Waals surface area (Å²) in [6.07, 6.45) is -10.1. The van der Waals surface area contributed by atoms with Gasteiger partial charge in [0.2, 0.25) is 0 Å². The molecule has 0 nitrogen and oxygen atoms in total. The summed E-state index contributed by atoms with van der Waals surface area (Å²) in [5.74, 6) is 0. The van der Waals surface area contributed by atoms with Crippen LogP contribution in [0.3, 0.4) is 0 Å². The van der Waals surface area contributed by atoms with E-state index in [9.17, 15) is 26.3 Å². The SMILES string of the molecule is Cc1cccc(-c2ccc(C(F)(F)F)c(C(F)(F)F)c2)c1C. The Bertz CT molecular complexity index is 695. The zero-order valence-electron chi connectivity index (χ0n) is 11.7. The highest BCUT2D eigenvalue weighted by Crippen LogP contribution is 2.42. The van der Waals surface area contributed by atoms with Crippen LogP contribution in [0.25, 0.3) is 11.1 Å². The smallest absolute Gasteiger partial charge is 0.166 e. The predicted octanol–water partition coefficient (Wildman–Crippen LogP) is 6.01. The Kier molecular flexibility index (Phi) is 3.98. The summed E-state index contributed by atoms with van der Waals surface area (Å²) >= 11 is 0. The third kappa shape index (κ3) is 3.10. The lowest BCUT2D eigenvalue weighted by Gasteiger charge is -2.17. The van der Waals surface area contributed by atoms with Gasteiger partial charge in [-0.25, -0.2) is 0 Å². The molecule has 118 valence electrons. The van der Waals surface area contributed by atoms with Gasteiger partial charge in [0.25, 0.3) is 0 Å².